The van der Waals surface area contributed by atoms with Crippen molar-refractivity contribution >= 4 is 28.6 Å². The summed E-state index contributed by atoms with van der Waals surface area (Å²) in [7, 11) is 0.746. The number of fused-ring (bicyclic) bond motifs is 1. The van der Waals surface area contributed by atoms with Crippen molar-refractivity contribution in [3.8, 4) is 11.1 Å². The van der Waals surface area contributed by atoms with E-state index in [9.17, 15) is 34.7 Å². The first-order chi connectivity index (χ1) is 32.7. The average Bonchev–Trinajstić information content (AvgIpc) is 3.29. The Morgan fingerprint density at radius 3 is 2.38 bits per heavy atom. The standard InChI is InChI=1S/C41H40F5N3O3S/c1-27-6-15-34-36(22-27)49(39(23-37(34)50)53-26-31-4-3-5-35(42)40(31)43)25-38(51)48(33-16-18-47(19-17-33)20-21-52-2)24-28-7-9-29(10-8-28)30-11-13-32(14-12-30)41(44,45)46/h3-15,22-23,33H,16-21,24-26H2,1-2H3/i6D,15D,16D2,17D2,18D2,19D2,21D2,22D,23D,24D2,25D2,33D. The third-order valence-corrected chi connectivity index (χ3v) is 8.49. The van der Waals surface area contributed by atoms with Gasteiger partial charge in [0.1, 0.15) is 6.50 Å². The molecule has 1 aromatic heterocycles. The van der Waals surface area contributed by atoms with Crippen LogP contribution in [0.4, 0.5) is 22.0 Å². The second-order valence-corrected chi connectivity index (χ2v) is 12.1. The SMILES string of the molecule is [2H]c1c(C)c([2H])c2c(c1[2H])c(=O)c([2H])c(SCc1cccc(F)c1F)n2C([2H])([2H])C(=O)N(C([2H])([2H])c1ccc(-c2ccc(C(F)(F)F)cc2)cc1)C1([2H])C([2H])([2H])C([2H])([2H])N(CC([2H])([2H])OC)C([2H])([2H])C1([2H])[2H]. The van der Waals surface area contributed by atoms with Crippen LogP contribution in [0.1, 0.15) is 61.0 Å². The van der Waals surface area contributed by atoms with Gasteiger partial charge in [-0.15, -0.1) is 11.8 Å². The molecule has 278 valence electrons. The van der Waals surface area contributed by atoms with Crippen molar-refractivity contribution in [2.75, 3.05) is 33.2 Å². The van der Waals surface area contributed by atoms with Crippen molar-refractivity contribution in [2.45, 2.75) is 55.6 Å². The zero-order valence-electron chi connectivity index (χ0n) is 46.6. The minimum absolute atomic E-state index is 0.0277. The molecule has 1 fully saturated rings. The maximum absolute atomic E-state index is 15.8. The number of pyridine rings is 1. The monoisotopic (exact) mass is 768 g/mol. The number of hydrogen-bond donors (Lipinski definition) is 0. The number of carbonyl (C=O) groups is 1. The van der Waals surface area contributed by atoms with Crippen molar-refractivity contribution in [1.29, 1.82) is 0 Å². The molecule has 0 radical (unpaired) electrons. The highest BCUT2D eigenvalue weighted by atomic mass is 32.2. The fraction of sp³-hybridized carbons (Fsp3) is 0.317. The minimum Gasteiger partial charge on any atom is -0.383 e. The molecule has 0 spiro atoms. The molecule has 1 saturated heterocycles. The minimum atomic E-state index is -4.76. The summed E-state index contributed by atoms with van der Waals surface area (Å²) < 4.78 is 247. The van der Waals surface area contributed by atoms with Crippen LogP contribution in [-0.4, -0.2) is 59.5 Å². The van der Waals surface area contributed by atoms with Gasteiger partial charge in [0.25, 0.3) is 0 Å². The number of halogens is 5. The maximum Gasteiger partial charge on any atom is 0.416 e. The van der Waals surface area contributed by atoms with E-state index in [2.05, 4.69) is 4.74 Å². The number of rotatable bonds is 12. The van der Waals surface area contributed by atoms with Gasteiger partial charge in [0, 0.05) is 72.9 Å². The second-order valence-electron chi connectivity index (χ2n) is 11.1. The highest BCUT2D eigenvalue weighted by Crippen LogP contribution is 2.32. The molecule has 5 aromatic rings. The van der Waals surface area contributed by atoms with Gasteiger partial charge in [-0.2, -0.15) is 13.2 Å². The zero-order valence-corrected chi connectivity index (χ0v) is 28.4. The summed E-state index contributed by atoms with van der Waals surface area (Å²) in [6.07, 6.45) is -13.8. The molecule has 6 nitrogen and oxygen atoms in total. The molecular weight excluding hydrogens is 710 g/mol. The van der Waals surface area contributed by atoms with Crippen molar-refractivity contribution in [3.05, 3.63) is 135 Å². The predicted molar refractivity (Wildman–Crippen MR) is 198 cm³/mol. The highest BCUT2D eigenvalue weighted by Gasteiger charge is 2.31. The number of aromatic nitrogens is 1. The fourth-order valence-corrected chi connectivity index (χ4v) is 5.79. The molecule has 53 heavy (non-hydrogen) atoms. The van der Waals surface area contributed by atoms with Crippen LogP contribution in [0.3, 0.4) is 0 Å². The third kappa shape index (κ3) is 9.17. The Hall–Kier alpha value is -4.52. The number of hydrogen-bond acceptors (Lipinski definition) is 5. The number of benzene rings is 4. The van der Waals surface area contributed by atoms with Crippen molar-refractivity contribution in [2.24, 2.45) is 0 Å². The lowest BCUT2D eigenvalue weighted by molar-refractivity contribution is -0.137. The smallest absolute Gasteiger partial charge is 0.383 e. The van der Waals surface area contributed by atoms with Gasteiger partial charge in [0.05, 0.1) is 37.7 Å². The van der Waals surface area contributed by atoms with E-state index in [4.69, 9.17) is 13.7 Å². The van der Waals surface area contributed by atoms with Crippen LogP contribution in [0.15, 0.2) is 101 Å². The molecule has 0 atom stereocenters. The Bertz CT molecular complexity index is 3010. The molecular formula is C41H40F5N3O3S. The average molecular weight is 769 g/mol. The first-order valence-corrected chi connectivity index (χ1v) is 16.4. The van der Waals surface area contributed by atoms with E-state index in [0.717, 1.165) is 68.6 Å². The third-order valence-electron chi connectivity index (χ3n) is 7.48. The number of methoxy groups -OCH3 is 1. The second kappa shape index (κ2) is 16.7. The van der Waals surface area contributed by atoms with E-state index in [1.165, 1.54) is 0 Å². The van der Waals surface area contributed by atoms with Crippen LogP contribution < -0.4 is 5.43 Å². The number of likely N-dealkylation sites (tertiary alicyclic amines) is 1. The van der Waals surface area contributed by atoms with Crippen LogP contribution >= 0.6 is 11.8 Å². The number of ether oxygens (including phenoxy) is 1. The molecule has 1 amide bonds. The van der Waals surface area contributed by atoms with E-state index in [1.54, 1.807) is 0 Å². The molecule has 0 unspecified atom stereocenters. The van der Waals surface area contributed by atoms with Crippen molar-refractivity contribution in [3.63, 3.8) is 0 Å². The van der Waals surface area contributed by atoms with Crippen LogP contribution in [0.5, 0.6) is 0 Å². The van der Waals surface area contributed by atoms with Crippen LogP contribution in [-0.2, 0) is 34.5 Å². The summed E-state index contributed by atoms with van der Waals surface area (Å²) in [5.41, 5.74) is -5.37. The number of alkyl halides is 3. The molecule has 0 N–H and O–H groups in total. The lowest BCUT2D eigenvalue weighted by atomic mass is 10.00. The lowest BCUT2D eigenvalue weighted by Crippen LogP contribution is -2.48. The van der Waals surface area contributed by atoms with Gasteiger partial charge in [0.15, 0.2) is 17.1 Å². The normalized spacial score (nSPS) is 24.6. The number of carbonyl (C=O) groups excluding carboxylic acids is 1. The zero-order chi connectivity index (χ0) is 54.7. The van der Waals surface area contributed by atoms with Crippen molar-refractivity contribution < 1.29 is 57.5 Å². The lowest BCUT2D eigenvalue weighted by Gasteiger charge is -2.39. The Morgan fingerprint density at radius 2 is 1.72 bits per heavy atom. The predicted octanol–water partition coefficient (Wildman–Crippen LogP) is 8.71. The summed E-state index contributed by atoms with van der Waals surface area (Å²) in [6, 6.07) is 1.04. The van der Waals surface area contributed by atoms with Gasteiger partial charge in [-0.25, -0.2) is 8.78 Å². The summed E-state index contributed by atoms with van der Waals surface area (Å²) in [5, 5.41) is -2.14. The molecule has 1 aliphatic heterocycles. The quantitative estimate of drug-likeness (QED) is 0.0940. The Labute approximate surface area is 335 Å². The van der Waals surface area contributed by atoms with E-state index < -0.39 is 160 Å². The van der Waals surface area contributed by atoms with Crippen LogP contribution in [0.2, 0.25) is 0 Å². The van der Waals surface area contributed by atoms with Crippen molar-refractivity contribution in [1.82, 2.24) is 14.4 Å². The largest absolute Gasteiger partial charge is 0.416 e. The molecule has 2 heterocycles. The van der Waals surface area contributed by atoms with Gasteiger partial charge in [-0.05, 0) is 72.2 Å². The molecule has 12 heteroatoms. The Kier molecular flexibility index (Phi) is 6.54. The molecule has 4 aromatic carbocycles. The maximum atomic E-state index is 15.8. The van der Waals surface area contributed by atoms with Gasteiger partial charge in [0.2, 0.25) is 5.91 Å². The first-order valence-electron chi connectivity index (χ1n) is 24.9. The fourth-order valence-electron chi connectivity index (χ4n) is 4.84. The number of nitrogens with zero attached hydrogens (tertiary/aromatic N) is 3. The number of amides is 1. The van der Waals surface area contributed by atoms with E-state index >= 15 is 9.18 Å². The topological polar surface area (TPSA) is 54.8 Å². The summed E-state index contributed by atoms with van der Waals surface area (Å²) in [4.78, 5) is 28.6. The van der Waals surface area contributed by atoms with E-state index in [1.807, 2.05) is 0 Å². The van der Waals surface area contributed by atoms with Crippen LogP contribution in [0, 0.1) is 18.6 Å². The number of piperidine rings is 1. The van der Waals surface area contributed by atoms with Gasteiger partial charge < -0.3 is 19.1 Å². The Morgan fingerprint density at radius 1 is 1.04 bits per heavy atom. The highest BCUT2D eigenvalue weighted by molar-refractivity contribution is 7.98. The Balaban J connectivity index is 1.71. The number of thioether (sulfide) groups is 1. The molecule has 1 aliphatic rings. The summed E-state index contributed by atoms with van der Waals surface area (Å²) in [5.74, 6) is -6.29. The first kappa shape index (κ1) is 20.8. The summed E-state index contributed by atoms with van der Waals surface area (Å²) in [6.45, 7) is -20.5. The molecule has 0 bridgehead atoms. The molecule has 0 aliphatic carbocycles. The van der Waals surface area contributed by atoms with E-state index in [0.29, 0.717) is 12.1 Å². The molecule has 0 saturated carbocycles. The van der Waals surface area contributed by atoms with Gasteiger partial charge in [-0.1, -0.05) is 54.6 Å². The van der Waals surface area contributed by atoms with E-state index in [-0.39, 0.29) is 32.4 Å². The summed E-state index contributed by atoms with van der Waals surface area (Å²) >= 11 is 0.148. The van der Waals surface area contributed by atoms with Crippen LogP contribution in [0.25, 0.3) is 22.0 Å². The van der Waals surface area contributed by atoms with Gasteiger partial charge >= 0.3 is 6.18 Å². The van der Waals surface area contributed by atoms with Gasteiger partial charge in [-0.3, -0.25) is 9.59 Å². The molecule has 6 rings (SSSR count).